The van der Waals surface area contributed by atoms with Gasteiger partial charge in [0, 0.05) is 29.6 Å². The largest absolute Gasteiger partial charge is 0.490 e. The maximum atomic E-state index is 13.6. The molecule has 3 aromatic carbocycles. The number of halogens is 1. The van der Waals surface area contributed by atoms with E-state index in [1.165, 1.54) is 9.54 Å². The molecular formula is C31H29ClN4O3S. The molecule has 2 aromatic heterocycles. The summed E-state index contributed by atoms with van der Waals surface area (Å²) < 4.78 is 34.7. The van der Waals surface area contributed by atoms with Crippen LogP contribution >= 0.6 is 11.6 Å². The summed E-state index contributed by atoms with van der Waals surface area (Å²) in [6, 6.07) is 24.0. The minimum atomic E-state index is -3.83. The van der Waals surface area contributed by atoms with Crippen molar-refractivity contribution in [3.05, 3.63) is 102 Å². The van der Waals surface area contributed by atoms with Gasteiger partial charge in [0.25, 0.3) is 10.0 Å². The first-order valence-electron chi connectivity index (χ1n) is 13.3. The summed E-state index contributed by atoms with van der Waals surface area (Å²) in [5.41, 5.74) is 2.84. The van der Waals surface area contributed by atoms with Crippen molar-refractivity contribution in [1.82, 2.24) is 13.9 Å². The Morgan fingerprint density at radius 1 is 0.975 bits per heavy atom. The van der Waals surface area contributed by atoms with E-state index >= 15 is 0 Å². The van der Waals surface area contributed by atoms with E-state index in [9.17, 15) is 8.42 Å². The summed E-state index contributed by atoms with van der Waals surface area (Å²) in [7, 11) is -3.83. The second kappa shape index (κ2) is 10.9. The van der Waals surface area contributed by atoms with Crippen molar-refractivity contribution in [2.24, 2.45) is 0 Å². The second-order valence-electron chi connectivity index (χ2n) is 10.1. The number of fused-ring (bicyclic) bond motifs is 1. The molecule has 1 aliphatic rings. The molecule has 40 heavy (non-hydrogen) atoms. The lowest BCUT2D eigenvalue weighted by Crippen LogP contribution is -2.33. The quantitative estimate of drug-likeness (QED) is 0.224. The number of benzene rings is 3. The van der Waals surface area contributed by atoms with Crippen LogP contribution in [-0.4, -0.2) is 34.5 Å². The fraction of sp³-hybridized carbons (Fsp3) is 0.226. The van der Waals surface area contributed by atoms with Gasteiger partial charge in [0.05, 0.1) is 27.3 Å². The number of aromatic nitrogens is 3. The van der Waals surface area contributed by atoms with E-state index in [2.05, 4.69) is 29.4 Å². The van der Waals surface area contributed by atoms with Crippen LogP contribution in [0, 0.1) is 6.92 Å². The van der Waals surface area contributed by atoms with Gasteiger partial charge in [-0.15, -0.1) is 0 Å². The number of rotatable bonds is 7. The van der Waals surface area contributed by atoms with Crippen LogP contribution < -0.4 is 10.1 Å². The third-order valence-electron chi connectivity index (χ3n) is 7.26. The molecule has 2 atom stereocenters. The molecule has 0 bridgehead atoms. The third-order valence-corrected chi connectivity index (χ3v) is 9.22. The average Bonchev–Trinajstić information content (AvgIpc) is 3.36. The van der Waals surface area contributed by atoms with Crippen molar-refractivity contribution < 1.29 is 13.2 Å². The van der Waals surface area contributed by atoms with Crippen LogP contribution in [0.1, 0.15) is 31.2 Å². The van der Waals surface area contributed by atoms with Crippen molar-refractivity contribution in [1.29, 1.82) is 0 Å². The summed E-state index contributed by atoms with van der Waals surface area (Å²) in [6.45, 7) is 2.06. The van der Waals surface area contributed by atoms with E-state index in [1.54, 1.807) is 48.8 Å². The summed E-state index contributed by atoms with van der Waals surface area (Å²) in [5, 5.41) is 4.54. The van der Waals surface area contributed by atoms with E-state index in [-0.39, 0.29) is 17.0 Å². The Morgan fingerprint density at radius 2 is 1.73 bits per heavy atom. The van der Waals surface area contributed by atoms with Crippen LogP contribution in [0.3, 0.4) is 0 Å². The van der Waals surface area contributed by atoms with E-state index in [0.717, 1.165) is 36.8 Å². The molecule has 0 aliphatic heterocycles. The molecule has 1 saturated carbocycles. The van der Waals surface area contributed by atoms with E-state index < -0.39 is 10.0 Å². The highest BCUT2D eigenvalue weighted by molar-refractivity contribution is 7.90. The fourth-order valence-corrected chi connectivity index (χ4v) is 6.83. The van der Waals surface area contributed by atoms with E-state index in [4.69, 9.17) is 21.3 Å². The molecule has 2 unspecified atom stereocenters. The molecule has 7 nitrogen and oxygen atoms in total. The molecule has 2 heterocycles. The number of aryl methyl sites for hydroxylation is 1. The molecule has 1 fully saturated rings. The molecule has 1 aliphatic carbocycles. The number of nitrogens with zero attached hydrogens (tertiary/aromatic N) is 3. The van der Waals surface area contributed by atoms with Crippen molar-refractivity contribution >= 4 is 38.5 Å². The Kier molecular flexibility index (Phi) is 7.21. The zero-order chi connectivity index (χ0) is 27.7. The van der Waals surface area contributed by atoms with E-state index in [0.29, 0.717) is 27.7 Å². The Hall–Kier alpha value is -3.88. The molecule has 6 rings (SSSR count). The van der Waals surface area contributed by atoms with Gasteiger partial charge in [0.1, 0.15) is 11.9 Å². The summed E-state index contributed by atoms with van der Waals surface area (Å²) >= 11 is 6.61. The van der Waals surface area contributed by atoms with Crippen LogP contribution in [0.4, 0.5) is 5.95 Å². The van der Waals surface area contributed by atoms with Crippen LogP contribution in [-0.2, 0) is 10.0 Å². The van der Waals surface area contributed by atoms with Gasteiger partial charge >= 0.3 is 0 Å². The highest BCUT2D eigenvalue weighted by atomic mass is 35.5. The topological polar surface area (TPSA) is 86.1 Å². The number of anilines is 1. The van der Waals surface area contributed by atoms with Gasteiger partial charge in [-0.2, -0.15) is 0 Å². The number of para-hydroxylation sites is 1. The predicted octanol–water partition coefficient (Wildman–Crippen LogP) is 7.10. The zero-order valence-corrected chi connectivity index (χ0v) is 23.6. The zero-order valence-electron chi connectivity index (χ0n) is 22.0. The van der Waals surface area contributed by atoms with Crippen molar-refractivity contribution in [3.8, 4) is 17.0 Å². The normalized spacial score (nSPS) is 17.6. The van der Waals surface area contributed by atoms with E-state index in [1.807, 2.05) is 30.3 Å². The van der Waals surface area contributed by atoms with Crippen LogP contribution in [0.15, 0.2) is 96.2 Å². The number of nitrogens with one attached hydrogen (secondary N) is 1. The lowest BCUT2D eigenvalue weighted by atomic mass is 9.93. The molecule has 9 heteroatoms. The first-order chi connectivity index (χ1) is 19.4. The van der Waals surface area contributed by atoms with Crippen LogP contribution in [0.25, 0.3) is 22.2 Å². The van der Waals surface area contributed by atoms with Crippen LogP contribution in [0.5, 0.6) is 5.75 Å². The maximum Gasteiger partial charge on any atom is 0.268 e. The number of hydrogen-bond acceptors (Lipinski definition) is 6. The SMILES string of the molecule is Cc1ccc(OC2CCCC(Nc3ncc(Cl)c(-c4cn(S(=O)(=O)c5ccccc5)c5ccccc45)n3)C2)cc1. The molecule has 5 aromatic rings. The van der Waals surface area contributed by atoms with Gasteiger partial charge in [-0.3, -0.25) is 0 Å². The van der Waals surface area contributed by atoms with Crippen molar-refractivity contribution in [2.75, 3.05) is 5.32 Å². The van der Waals surface area contributed by atoms with Gasteiger partial charge in [-0.05, 0) is 56.5 Å². The lowest BCUT2D eigenvalue weighted by molar-refractivity contribution is 0.148. The van der Waals surface area contributed by atoms with Gasteiger partial charge < -0.3 is 10.1 Å². The third kappa shape index (κ3) is 5.29. The molecule has 204 valence electrons. The predicted molar refractivity (Wildman–Crippen MR) is 158 cm³/mol. The van der Waals surface area contributed by atoms with Gasteiger partial charge in [0.2, 0.25) is 5.95 Å². The highest BCUT2D eigenvalue weighted by Crippen LogP contribution is 2.36. The highest BCUT2D eigenvalue weighted by Gasteiger charge is 2.26. The maximum absolute atomic E-state index is 13.6. The van der Waals surface area contributed by atoms with Gasteiger partial charge in [0.15, 0.2) is 0 Å². The monoisotopic (exact) mass is 572 g/mol. The smallest absolute Gasteiger partial charge is 0.268 e. The molecule has 0 spiro atoms. The fourth-order valence-electron chi connectivity index (χ4n) is 5.24. The molecular weight excluding hydrogens is 544 g/mol. The first-order valence-corrected chi connectivity index (χ1v) is 15.1. The molecule has 0 radical (unpaired) electrons. The van der Waals surface area contributed by atoms with Crippen molar-refractivity contribution in [3.63, 3.8) is 0 Å². The average molecular weight is 573 g/mol. The van der Waals surface area contributed by atoms with Crippen molar-refractivity contribution in [2.45, 2.75) is 49.6 Å². The number of hydrogen-bond donors (Lipinski definition) is 1. The summed E-state index contributed by atoms with van der Waals surface area (Å²) in [4.78, 5) is 9.42. The lowest BCUT2D eigenvalue weighted by Gasteiger charge is -2.30. The Morgan fingerprint density at radius 3 is 2.52 bits per heavy atom. The minimum Gasteiger partial charge on any atom is -0.490 e. The second-order valence-corrected chi connectivity index (χ2v) is 12.3. The summed E-state index contributed by atoms with van der Waals surface area (Å²) in [6.07, 6.45) is 7.08. The Bertz CT molecular complexity index is 1760. The number of ether oxygens (including phenoxy) is 1. The minimum absolute atomic E-state index is 0.0990. The molecule has 1 N–H and O–H groups in total. The Balaban J connectivity index is 1.29. The summed E-state index contributed by atoms with van der Waals surface area (Å²) in [5.74, 6) is 1.33. The van der Waals surface area contributed by atoms with Crippen LogP contribution in [0.2, 0.25) is 5.02 Å². The Labute approximate surface area is 238 Å². The first kappa shape index (κ1) is 26.3. The van der Waals surface area contributed by atoms with Gasteiger partial charge in [-0.1, -0.05) is 65.7 Å². The molecule has 0 amide bonds. The standard InChI is InChI=1S/C31H29ClN4O3S/c1-21-14-16-23(17-15-21)39-24-9-7-8-22(18-24)34-31-33-19-28(32)30(35-31)27-20-36(29-13-6-5-12-26(27)29)40(37,38)25-10-3-2-4-11-25/h2-6,10-17,19-20,22,24H,7-9,18H2,1H3,(H,33,34,35). The van der Waals surface area contributed by atoms with Gasteiger partial charge in [-0.25, -0.2) is 22.4 Å². The molecule has 0 saturated heterocycles.